The van der Waals surface area contributed by atoms with E-state index < -0.39 is 6.29 Å². The van der Waals surface area contributed by atoms with Crippen molar-refractivity contribution in [1.29, 1.82) is 0 Å². The number of hydrogen-bond donors (Lipinski definition) is 0. The van der Waals surface area contributed by atoms with Crippen LogP contribution in [0.3, 0.4) is 0 Å². The maximum absolute atomic E-state index is 11.4. The van der Waals surface area contributed by atoms with Gasteiger partial charge in [-0.15, -0.1) is 0 Å². The van der Waals surface area contributed by atoms with Gasteiger partial charge >= 0.3 is 66.3 Å². The second-order valence-corrected chi connectivity index (χ2v) is 9.01. The molecule has 0 radical (unpaired) electrons. The second-order valence-electron chi connectivity index (χ2n) is 2.17. The summed E-state index contributed by atoms with van der Waals surface area (Å²) in [4.78, 5) is 0. The first-order chi connectivity index (χ1) is 4.66. The fourth-order valence-corrected chi connectivity index (χ4v) is 4.46. The standard InChI is InChI=1S/C5H11O3PSe/c1-5-3-4-7-9(6,8-5)10-2/h5H,3-4H2,1-2H3. The van der Waals surface area contributed by atoms with Crippen molar-refractivity contribution in [2.45, 2.75) is 25.3 Å². The van der Waals surface area contributed by atoms with E-state index in [-0.39, 0.29) is 20.6 Å². The van der Waals surface area contributed by atoms with Crippen LogP contribution in [0.5, 0.6) is 0 Å². The first-order valence-corrected chi connectivity index (χ1v) is 8.62. The summed E-state index contributed by atoms with van der Waals surface area (Å²) in [7, 11) is 0. The molecule has 1 rings (SSSR count). The van der Waals surface area contributed by atoms with Crippen LogP contribution in [0.2, 0.25) is 5.82 Å². The minimum atomic E-state index is -2.59. The van der Waals surface area contributed by atoms with Gasteiger partial charge in [0.1, 0.15) is 0 Å². The Morgan fingerprint density at radius 3 is 2.80 bits per heavy atom. The molecule has 2 unspecified atom stereocenters. The van der Waals surface area contributed by atoms with Gasteiger partial charge in [0.05, 0.1) is 0 Å². The van der Waals surface area contributed by atoms with Crippen LogP contribution in [0.25, 0.3) is 0 Å². The van der Waals surface area contributed by atoms with E-state index in [1.165, 1.54) is 0 Å². The van der Waals surface area contributed by atoms with E-state index in [0.29, 0.717) is 6.61 Å². The first-order valence-electron chi connectivity index (χ1n) is 3.15. The number of hydrogen-bond acceptors (Lipinski definition) is 3. The van der Waals surface area contributed by atoms with Gasteiger partial charge in [-0.3, -0.25) is 0 Å². The molecule has 0 bridgehead atoms. The van der Waals surface area contributed by atoms with E-state index in [0.717, 1.165) is 6.42 Å². The Labute approximate surface area is 66.8 Å². The minimum absolute atomic E-state index is 0.0261. The van der Waals surface area contributed by atoms with Gasteiger partial charge in [0, 0.05) is 0 Å². The summed E-state index contributed by atoms with van der Waals surface area (Å²) in [6.45, 7) is 2.52. The van der Waals surface area contributed by atoms with Crippen LogP contribution >= 0.6 is 6.29 Å². The quantitative estimate of drug-likeness (QED) is 0.506. The second kappa shape index (κ2) is 3.38. The van der Waals surface area contributed by atoms with Crippen molar-refractivity contribution < 1.29 is 13.6 Å². The van der Waals surface area contributed by atoms with Crippen molar-refractivity contribution in [1.82, 2.24) is 0 Å². The Hall–Kier alpha value is 0.669. The molecule has 2 atom stereocenters. The van der Waals surface area contributed by atoms with Crippen molar-refractivity contribution in [2.75, 3.05) is 6.61 Å². The maximum atomic E-state index is 11.4. The van der Waals surface area contributed by atoms with E-state index in [1.54, 1.807) is 0 Å². The molecule has 1 saturated heterocycles. The molecule has 0 aromatic heterocycles. The molecule has 0 saturated carbocycles. The zero-order valence-corrected chi connectivity index (χ0v) is 8.68. The van der Waals surface area contributed by atoms with E-state index in [1.807, 2.05) is 12.7 Å². The Bertz CT molecular complexity index is 161. The van der Waals surface area contributed by atoms with Crippen molar-refractivity contribution in [2.24, 2.45) is 0 Å². The fourth-order valence-electron chi connectivity index (χ4n) is 0.730. The van der Waals surface area contributed by atoms with Crippen molar-refractivity contribution in [3.63, 3.8) is 0 Å². The number of rotatable bonds is 1. The molecule has 0 amide bonds. The summed E-state index contributed by atoms with van der Waals surface area (Å²) in [6, 6.07) is 0. The SMILES string of the molecule is C[Se]P1(=O)OCCC(C)O1. The third-order valence-electron chi connectivity index (χ3n) is 1.31. The Morgan fingerprint density at radius 2 is 2.40 bits per heavy atom. The molecular weight excluding hydrogens is 218 g/mol. The van der Waals surface area contributed by atoms with Crippen LogP contribution in [-0.2, 0) is 13.6 Å². The Morgan fingerprint density at radius 1 is 1.70 bits per heavy atom. The third-order valence-corrected chi connectivity index (χ3v) is 6.89. The topological polar surface area (TPSA) is 35.5 Å². The molecule has 1 aliphatic rings. The fraction of sp³-hybridized carbons (Fsp3) is 1.00. The molecule has 5 heteroatoms. The first kappa shape index (κ1) is 8.76. The van der Waals surface area contributed by atoms with Crippen LogP contribution in [0.4, 0.5) is 0 Å². The molecule has 10 heavy (non-hydrogen) atoms. The molecule has 3 nitrogen and oxygen atoms in total. The molecule has 60 valence electrons. The van der Waals surface area contributed by atoms with Gasteiger partial charge in [0.25, 0.3) is 0 Å². The molecule has 0 aliphatic carbocycles. The van der Waals surface area contributed by atoms with Gasteiger partial charge in [-0.05, 0) is 0 Å². The molecule has 1 heterocycles. The average Bonchev–Trinajstić information content (AvgIpc) is 1.88. The van der Waals surface area contributed by atoms with Crippen LogP contribution in [0.15, 0.2) is 0 Å². The van der Waals surface area contributed by atoms with Crippen LogP contribution in [0.1, 0.15) is 13.3 Å². The van der Waals surface area contributed by atoms with Gasteiger partial charge in [0.2, 0.25) is 0 Å². The Balaban J connectivity index is 2.54. The molecule has 0 N–H and O–H groups in total. The predicted molar refractivity (Wildman–Crippen MR) is 40.3 cm³/mol. The van der Waals surface area contributed by atoms with Crippen molar-refractivity contribution in [3.8, 4) is 0 Å². The average molecular weight is 229 g/mol. The molecule has 1 aliphatic heterocycles. The summed E-state index contributed by atoms with van der Waals surface area (Å²) in [5.41, 5.74) is 0. The van der Waals surface area contributed by atoms with E-state index >= 15 is 0 Å². The zero-order valence-electron chi connectivity index (χ0n) is 6.07. The van der Waals surface area contributed by atoms with Gasteiger partial charge < -0.3 is 0 Å². The summed E-state index contributed by atoms with van der Waals surface area (Å²) >= 11 is -0.0261. The predicted octanol–water partition coefficient (Wildman–Crippen LogP) is 1.67. The molecular formula is C5H11O3PSe. The third kappa shape index (κ3) is 2.08. The van der Waals surface area contributed by atoms with Crippen molar-refractivity contribution in [3.05, 3.63) is 0 Å². The van der Waals surface area contributed by atoms with E-state index in [4.69, 9.17) is 9.05 Å². The molecule has 0 spiro atoms. The summed E-state index contributed by atoms with van der Waals surface area (Å²) in [5, 5.41) is 0. The van der Waals surface area contributed by atoms with Crippen LogP contribution in [-0.4, -0.2) is 27.2 Å². The Kier molecular flexibility index (Phi) is 2.96. The normalized spacial score (nSPS) is 41.6. The van der Waals surface area contributed by atoms with Crippen molar-refractivity contribution >= 4 is 20.8 Å². The summed E-state index contributed by atoms with van der Waals surface area (Å²) in [6.07, 6.45) is -1.61. The van der Waals surface area contributed by atoms with Crippen LogP contribution < -0.4 is 0 Å². The molecule has 1 fully saturated rings. The van der Waals surface area contributed by atoms with E-state index in [9.17, 15) is 4.57 Å². The van der Waals surface area contributed by atoms with Gasteiger partial charge in [-0.2, -0.15) is 0 Å². The molecule has 0 aromatic rings. The van der Waals surface area contributed by atoms with E-state index in [2.05, 4.69) is 0 Å². The van der Waals surface area contributed by atoms with Gasteiger partial charge in [-0.25, -0.2) is 0 Å². The van der Waals surface area contributed by atoms with Gasteiger partial charge in [-0.1, -0.05) is 0 Å². The summed E-state index contributed by atoms with van der Waals surface area (Å²) in [5.74, 6) is 1.88. The van der Waals surface area contributed by atoms with Gasteiger partial charge in [0.15, 0.2) is 0 Å². The zero-order chi connectivity index (χ0) is 7.61. The monoisotopic (exact) mass is 230 g/mol. The van der Waals surface area contributed by atoms with Crippen LogP contribution in [0, 0.1) is 0 Å². The summed E-state index contributed by atoms with van der Waals surface area (Å²) < 4.78 is 21.6. The molecule has 0 aromatic carbocycles.